The number of amides is 2. The number of sulfonamides is 1. The number of anilines is 2. The molecule has 0 fully saturated rings. The third kappa shape index (κ3) is 6.85. The van der Waals surface area contributed by atoms with Gasteiger partial charge in [0.25, 0.3) is 15.9 Å². The molecule has 0 saturated heterocycles. The normalized spacial score (nSPS) is 11.1. The monoisotopic (exact) mass is 561 g/mol. The number of carbonyl (C=O) groups excluding carboxylic acids is 2. The fraction of sp³-hybridized carbons (Fsp3) is 0.133. The lowest BCUT2D eigenvalue weighted by Gasteiger charge is -2.26. The van der Waals surface area contributed by atoms with Gasteiger partial charge in [-0.15, -0.1) is 0 Å². The van der Waals surface area contributed by atoms with Crippen LogP contribution >= 0.6 is 11.6 Å². The van der Waals surface area contributed by atoms with Crippen LogP contribution in [-0.4, -0.2) is 26.8 Å². The smallest absolute Gasteiger partial charge is 0.264 e. The van der Waals surface area contributed by atoms with Gasteiger partial charge in [-0.1, -0.05) is 71.8 Å². The highest BCUT2D eigenvalue weighted by molar-refractivity contribution is 7.92. The number of nitrogens with zero attached hydrogens (tertiary/aromatic N) is 1. The van der Waals surface area contributed by atoms with E-state index in [0.717, 1.165) is 15.4 Å². The minimum absolute atomic E-state index is 0.0518. The minimum atomic E-state index is -4.11. The summed E-state index contributed by atoms with van der Waals surface area (Å²) in [5.41, 5.74) is 3.28. The van der Waals surface area contributed by atoms with E-state index in [1.165, 1.54) is 12.1 Å². The zero-order valence-corrected chi connectivity index (χ0v) is 23.1. The van der Waals surface area contributed by atoms with E-state index in [1.807, 2.05) is 37.3 Å². The van der Waals surface area contributed by atoms with Crippen molar-refractivity contribution in [3.05, 3.63) is 124 Å². The number of aryl methyl sites for hydroxylation is 2. The molecule has 2 N–H and O–H groups in total. The first-order valence-corrected chi connectivity index (χ1v) is 14.0. The molecule has 4 aromatic rings. The molecule has 0 aliphatic carbocycles. The summed E-state index contributed by atoms with van der Waals surface area (Å²) in [4.78, 5) is 26.3. The fourth-order valence-corrected chi connectivity index (χ4v) is 5.73. The molecule has 0 aromatic heterocycles. The van der Waals surface area contributed by atoms with Gasteiger partial charge in [-0.3, -0.25) is 13.9 Å². The Labute approximate surface area is 233 Å². The van der Waals surface area contributed by atoms with Crippen LogP contribution in [0.4, 0.5) is 11.4 Å². The van der Waals surface area contributed by atoms with Gasteiger partial charge in [-0.25, -0.2) is 8.42 Å². The van der Waals surface area contributed by atoms with Gasteiger partial charge in [0.15, 0.2) is 0 Å². The Morgan fingerprint density at radius 2 is 1.51 bits per heavy atom. The molecular weight excluding hydrogens is 534 g/mol. The number of halogens is 1. The van der Waals surface area contributed by atoms with Crippen LogP contribution < -0.4 is 14.9 Å². The summed E-state index contributed by atoms with van der Waals surface area (Å²) in [6, 6.07) is 27.2. The summed E-state index contributed by atoms with van der Waals surface area (Å²) in [7, 11) is -4.11. The number of nitrogens with one attached hydrogen (secondary N) is 2. The van der Waals surface area contributed by atoms with Crippen molar-refractivity contribution in [3.8, 4) is 0 Å². The molecule has 0 aliphatic heterocycles. The Morgan fingerprint density at radius 1 is 0.846 bits per heavy atom. The van der Waals surface area contributed by atoms with Gasteiger partial charge >= 0.3 is 0 Å². The van der Waals surface area contributed by atoms with E-state index in [1.54, 1.807) is 61.5 Å². The maximum absolute atomic E-state index is 13.7. The standard InChI is InChI=1S/C30H28ClN3O4S/c1-21-12-15-25(16-13-21)39(37,38)34(28-17-14-24(31)18-22(28)2)20-29(35)33-27-11-7-6-10-26(27)30(36)32-19-23-8-4-3-5-9-23/h3-18H,19-20H2,1-2H3,(H,32,36)(H,33,35). The van der Waals surface area contributed by atoms with Crippen LogP contribution in [-0.2, 0) is 21.4 Å². The first-order valence-electron chi connectivity index (χ1n) is 12.2. The summed E-state index contributed by atoms with van der Waals surface area (Å²) in [6.07, 6.45) is 0. The van der Waals surface area contributed by atoms with Crippen LogP contribution in [0.2, 0.25) is 5.02 Å². The van der Waals surface area contributed by atoms with Crippen molar-refractivity contribution in [2.75, 3.05) is 16.2 Å². The maximum Gasteiger partial charge on any atom is 0.264 e. The van der Waals surface area contributed by atoms with Crippen LogP contribution in [0.3, 0.4) is 0 Å². The zero-order chi connectivity index (χ0) is 28.0. The lowest BCUT2D eigenvalue weighted by molar-refractivity contribution is -0.114. The second-order valence-electron chi connectivity index (χ2n) is 9.02. The molecule has 0 unspecified atom stereocenters. The molecule has 0 atom stereocenters. The number of benzene rings is 4. The average Bonchev–Trinajstić information content (AvgIpc) is 2.92. The van der Waals surface area contributed by atoms with Crippen molar-refractivity contribution >= 4 is 44.8 Å². The lowest BCUT2D eigenvalue weighted by atomic mass is 10.1. The number of rotatable bonds is 9. The molecule has 0 heterocycles. The van der Waals surface area contributed by atoms with E-state index >= 15 is 0 Å². The van der Waals surface area contributed by atoms with Gasteiger partial charge in [-0.05, 0) is 67.4 Å². The van der Waals surface area contributed by atoms with Crippen molar-refractivity contribution in [1.29, 1.82) is 0 Å². The predicted molar refractivity (Wildman–Crippen MR) is 155 cm³/mol. The van der Waals surface area contributed by atoms with Gasteiger partial charge in [0.1, 0.15) is 6.54 Å². The first-order chi connectivity index (χ1) is 18.6. The van der Waals surface area contributed by atoms with Crippen molar-refractivity contribution < 1.29 is 18.0 Å². The third-order valence-corrected chi connectivity index (χ3v) is 8.07. The van der Waals surface area contributed by atoms with Gasteiger partial charge in [0.05, 0.1) is 21.8 Å². The van der Waals surface area contributed by atoms with E-state index in [4.69, 9.17) is 11.6 Å². The van der Waals surface area contributed by atoms with Crippen LogP contribution in [0, 0.1) is 13.8 Å². The molecule has 4 rings (SSSR count). The van der Waals surface area contributed by atoms with Gasteiger partial charge in [0, 0.05) is 11.6 Å². The van der Waals surface area contributed by atoms with E-state index in [9.17, 15) is 18.0 Å². The molecule has 2 amide bonds. The molecule has 0 aliphatic rings. The minimum Gasteiger partial charge on any atom is -0.348 e. The molecule has 0 saturated carbocycles. The van der Waals surface area contributed by atoms with Crippen LogP contribution in [0.15, 0.2) is 102 Å². The molecule has 200 valence electrons. The third-order valence-electron chi connectivity index (χ3n) is 6.07. The van der Waals surface area contributed by atoms with Crippen molar-refractivity contribution in [1.82, 2.24) is 5.32 Å². The molecule has 0 radical (unpaired) electrons. The molecule has 0 bridgehead atoms. The number of carbonyl (C=O) groups is 2. The summed E-state index contributed by atoms with van der Waals surface area (Å²) in [5.74, 6) is -0.976. The lowest BCUT2D eigenvalue weighted by Crippen LogP contribution is -2.39. The molecule has 39 heavy (non-hydrogen) atoms. The Balaban J connectivity index is 1.59. The highest BCUT2D eigenvalue weighted by atomic mass is 35.5. The molecule has 9 heteroatoms. The van der Waals surface area contributed by atoms with E-state index in [-0.39, 0.29) is 22.1 Å². The summed E-state index contributed by atoms with van der Waals surface area (Å²) in [5, 5.41) is 6.02. The SMILES string of the molecule is Cc1ccc(S(=O)(=O)N(CC(=O)Nc2ccccc2C(=O)NCc2ccccc2)c2ccc(Cl)cc2C)cc1. The van der Waals surface area contributed by atoms with Crippen molar-refractivity contribution in [3.63, 3.8) is 0 Å². The first kappa shape index (κ1) is 27.9. The second kappa shape index (κ2) is 12.1. The Bertz CT molecular complexity index is 1590. The highest BCUT2D eigenvalue weighted by Crippen LogP contribution is 2.29. The van der Waals surface area contributed by atoms with Gasteiger partial charge < -0.3 is 10.6 Å². The van der Waals surface area contributed by atoms with Crippen molar-refractivity contribution in [2.24, 2.45) is 0 Å². The van der Waals surface area contributed by atoms with Gasteiger partial charge in [0.2, 0.25) is 5.91 Å². The van der Waals surface area contributed by atoms with E-state index in [2.05, 4.69) is 10.6 Å². The van der Waals surface area contributed by atoms with E-state index in [0.29, 0.717) is 22.8 Å². The average molecular weight is 562 g/mol. The van der Waals surface area contributed by atoms with E-state index < -0.39 is 22.5 Å². The second-order valence-corrected chi connectivity index (χ2v) is 11.3. The summed E-state index contributed by atoms with van der Waals surface area (Å²) < 4.78 is 28.5. The zero-order valence-electron chi connectivity index (χ0n) is 21.5. The molecule has 7 nitrogen and oxygen atoms in total. The number of hydrogen-bond acceptors (Lipinski definition) is 4. The number of para-hydroxylation sites is 1. The highest BCUT2D eigenvalue weighted by Gasteiger charge is 2.29. The predicted octanol–water partition coefficient (Wildman–Crippen LogP) is 5.72. The van der Waals surface area contributed by atoms with Gasteiger partial charge in [-0.2, -0.15) is 0 Å². The Kier molecular flexibility index (Phi) is 8.69. The van der Waals surface area contributed by atoms with Crippen LogP contribution in [0.5, 0.6) is 0 Å². The Hall–Kier alpha value is -4.14. The quantitative estimate of drug-likeness (QED) is 0.273. The molecular formula is C30H28ClN3O4S. The molecule has 4 aromatic carbocycles. The van der Waals surface area contributed by atoms with Crippen LogP contribution in [0.1, 0.15) is 27.0 Å². The Morgan fingerprint density at radius 3 is 2.21 bits per heavy atom. The fourth-order valence-electron chi connectivity index (χ4n) is 4.02. The number of hydrogen-bond donors (Lipinski definition) is 2. The van der Waals surface area contributed by atoms with Crippen molar-refractivity contribution in [2.45, 2.75) is 25.3 Å². The van der Waals surface area contributed by atoms with Crippen LogP contribution in [0.25, 0.3) is 0 Å². The summed E-state index contributed by atoms with van der Waals surface area (Å²) >= 11 is 6.11. The topological polar surface area (TPSA) is 95.6 Å². The molecule has 0 spiro atoms. The summed E-state index contributed by atoms with van der Waals surface area (Å²) in [6.45, 7) is 3.39. The largest absolute Gasteiger partial charge is 0.348 e. The maximum atomic E-state index is 13.7.